The number of carboxylic acids is 1. The SMILES string of the molecule is CCc1ccc(CN2CCC3(C2)Cn2c(nn(CC4CC4)c(=O)c2=O)CO3)cc1.O=C(O)C(F)(F)F. The van der Waals surface area contributed by atoms with Gasteiger partial charge in [0.05, 0.1) is 6.54 Å². The van der Waals surface area contributed by atoms with Crippen molar-refractivity contribution in [2.75, 3.05) is 13.1 Å². The van der Waals surface area contributed by atoms with Gasteiger partial charge in [0, 0.05) is 26.2 Å². The van der Waals surface area contributed by atoms with Crippen molar-refractivity contribution in [2.24, 2.45) is 5.92 Å². The van der Waals surface area contributed by atoms with Crippen LogP contribution in [0, 0.1) is 5.92 Å². The second-order valence-electron chi connectivity index (χ2n) is 9.64. The molecule has 1 saturated heterocycles. The molecule has 36 heavy (non-hydrogen) atoms. The number of alkyl halides is 3. The molecule has 0 amide bonds. The number of benzene rings is 1. The molecule has 1 saturated carbocycles. The van der Waals surface area contributed by atoms with Crippen molar-refractivity contribution in [3.63, 3.8) is 0 Å². The van der Waals surface area contributed by atoms with Gasteiger partial charge in [0.2, 0.25) is 0 Å². The zero-order valence-corrected chi connectivity index (χ0v) is 20.0. The largest absolute Gasteiger partial charge is 0.490 e. The molecule has 0 bridgehead atoms. The van der Waals surface area contributed by atoms with Gasteiger partial charge in [-0.15, -0.1) is 0 Å². The zero-order valence-electron chi connectivity index (χ0n) is 20.0. The quantitative estimate of drug-likeness (QED) is 0.615. The number of carboxylic acid groups (broad SMARTS) is 1. The summed E-state index contributed by atoms with van der Waals surface area (Å²) in [6, 6.07) is 8.76. The molecule has 3 aliphatic rings. The summed E-state index contributed by atoms with van der Waals surface area (Å²) in [5, 5.41) is 11.6. The fourth-order valence-electron chi connectivity index (χ4n) is 4.52. The predicted octanol–water partition coefficient (Wildman–Crippen LogP) is 2.19. The van der Waals surface area contributed by atoms with E-state index in [9.17, 15) is 22.8 Å². The van der Waals surface area contributed by atoms with E-state index < -0.39 is 28.9 Å². The molecule has 12 heteroatoms. The molecule has 0 radical (unpaired) electrons. The highest BCUT2D eigenvalue weighted by atomic mass is 19.4. The minimum absolute atomic E-state index is 0.291. The molecule has 9 nitrogen and oxygen atoms in total. The molecule has 1 aliphatic carbocycles. The van der Waals surface area contributed by atoms with Crippen molar-refractivity contribution >= 4 is 5.97 Å². The molecule has 196 valence electrons. The summed E-state index contributed by atoms with van der Waals surface area (Å²) < 4.78 is 40.9. The molecule has 5 rings (SSSR count). The first-order chi connectivity index (χ1) is 17.0. The van der Waals surface area contributed by atoms with Crippen LogP contribution in [0.15, 0.2) is 33.9 Å². The molecule has 1 aromatic carbocycles. The highest BCUT2D eigenvalue weighted by Gasteiger charge is 2.43. The van der Waals surface area contributed by atoms with Crippen molar-refractivity contribution in [1.82, 2.24) is 19.2 Å². The predicted molar refractivity (Wildman–Crippen MR) is 122 cm³/mol. The van der Waals surface area contributed by atoms with Crippen molar-refractivity contribution < 1.29 is 27.8 Å². The average Bonchev–Trinajstić information content (AvgIpc) is 3.58. The lowest BCUT2D eigenvalue weighted by Gasteiger charge is -2.35. The van der Waals surface area contributed by atoms with Crippen LogP contribution in [0.2, 0.25) is 0 Å². The summed E-state index contributed by atoms with van der Waals surface area (Å²) in [4.78, 5) is 36.5. The van der Waals surface area contributed by atoms with E-state index in [4.69, 9.17) is 14.6 Å². The van der Waals surface area contributed by atoms with Crippen molar-refractivity contribution in [1.29, 1.82) is 0 Å². The molecule has 1 aromatic heterocycles. The van der Waals surface area contributed by atoms with Gasteiger partial charge in [-0.1, -0.05) is 31.2 Å². The van der Waals surface area contributed by atoms with Gasteiger partial charge in [-0.2, -0.15) is 18.3 Å². The minimum atomic E-state index is -5.08. The molecule has 2 aliphatic heterocycles. The number of likely N-dealkylation sites (tertiary alicyclic amines) is 1. The van der Waals surface area contributed by atoms with Crippen LogP contribution in [0.4, 0.5) is 13.2 Å². The van der Waals surface area contributed by atoms with E-state index in [1.165, 1.54) is 15.8 Å². The van der Waals surface area contributed by atoms with Gasteiger partial charge in [0.15, 0.2) is 5.82 Å². The maximum Gasteiger partial charge on any atom is 0.490 e. The third-order valence-electron chi connectivity index (χ3n) is 6.77. The fourth-order valence-corrected chi connectivity index (χ4v) is 4.52. The van der Waals surface area contributed by atoms with E-state index in [1.807, 2.05) is 0 Å². The van der Waals surface area contributed by atoms with Crippen LogP contribution in [-0.2, 0) is 42.2 Å². The van der Waals surface area contributed by atoms with Crippen LogP contribution in [0.25, 0.3) is 0 Å². The first-order valence-corrected chi connectivity index (χ1v) is 11.9. The van der Waals surface area contributed by atoms with Crippen LogP contribution in [0.5, 0.6) is 0 Å². The number of nitrogens with zero attached hydrogens (tertiary/aromatic N) is 4. The van der Waals surface area contributed by atoms with Crippen LogP contribution in [0.1, 0.15) is 43.1 Å². The van der Waals surface area contributed by atoms with Gasteiger partial charge in [-0.3, -0.25) is 19.1 Å². The van der Waals surface area contributed by atoms with Gasteiger partial charge < -0.3 is 9.84 Å². The number of fused-ring (bicyclic) bond motifs is 1. The summed E-state index contributed by atoms with van der Waals surface area (Å²) in [7, 11) is 0. The number of aliphatic carboxylic acids is 1. The number of hydrogen-bond acceptors (Lipinski definition) is 6. The van der Waals surface area contributed by atoms with E-state index in [-0.39, 0.29) is 0 Å². The topological polar surface area (TPSA) is 107 Å². The summed E-state index contributed by atoms with van der Waals surface area (Å²) in [6.45, 7) is 5.98. The second-order valence-corrected chi connectivity index (χ2v) is 9.64. The van der Waals surface area contributed by atoms with Gasteiger partial charge in [0.1, 0.15) is 12.2 Å². The normalized spacial score (nSPS) is 21.7. The number of carbonyl (C=O) groups is 1. The minimum Gasteiger partial charge on any atom is -0.475 e. The number of halogens is 3. The summed E-state index contributed by atoms with van der Waals surface area (Å²) in [5.74, 6) is -1.68. The zero-order chi connectivity index (χ0) is 26.1. The van der Waals surface area contributed by atoms with Crippen LogP contribution >= 0.6 is 0 Å². The number of hydrogen-bond donors (Lipinski definition) is 1. The molecule has 1 unspecified atom stereocenters. The first kappa shape index (κ1) is 26.1. The molecule has 2 fully saturated rings. The molecular formula is C24H29F3N4O5. The highest BCUT2D eigenvalue weighted by molar-refractivity contribution is 5.73. The molecule has 2 aromatic rings. The summed E-state index contributed by atoms with van der Waals surface area (Å²) >= 11 is 0. The number of rotatable bonds is 5. The Kier molecular flexibility index (Phi) is 7.37. The van der Waals surface area contributed by atoms with Crippen LogP contribution in [-0.4, -0.2) is 55.2 Å². The van der Waals surface area contributed by atoms with Gasteiger partial charge in [-0.25, -0.2) is 9.48 Å². The number of aryl methyl sites for hydroxylation is 1. The lowest BCUT2D eigenvalue weighted by atomic mass is 10.0. The summed E-state index contributed by atoms with van der Waals surface area (Å²) in [5.41, 5.74) is 1.28. The molecule has 1 spiro atoms. The second kappa shape index (κ2) is 10.2. The van der Waals surface area contributed by atoms with Gasteiger partial charge >= 0.3 is 23.3 Å². The van der Waals surface area contributed by atoms with Gasteiger partial charge in [0.25, 0.3) is 0 Å². The Hall–Kier alpha value is -2.99. The molecular weight excluding hydrogens is 481 g/mol. The molecule has 1 N–H and O–H groups in total. The Morgan fingerprint density at radius 3 is 2.36 bits per heavy atom. The molecule has 3 heterocycles. The Bertz CT molecular complexity index is 1220. The van der Waals surface area contributed by atoms with E-state index in [0.717, 1.165) is 45.3 Å². The van der Waals surface area contributed by atoms with Crippen molar-refractivity contribution in [2.45, 2.75) is 70.6 Å². The highest BCUT2D eigenvalue weighted by Crippen LogP contribution is 2.32. The van der Waals surface area contributed by atoms with E-state index in [2.05, 4.69) is 41.2 Å². The van der Waals surface area contributed by atoms with E-state index in [0.29, 0.717) is 31.4 Å². The Labute approximate surface area is 205 Å². The van der Waals surface area contributed by atoms with Gasteiger partial charge in [-0.05, 0) is 42.7 Å². The maximum absolute atomic E-state index is 12.7. The summed E-state index contributed by atoms with van der Waals surface area (Å²) in [6.07, 6.45) is -0.950. The van der Waals surface area contributed by atoms with Crippen LogP contribution in [0.3, 0.4) is 0 Å². The van der Waals surface area contributed by atoms with E-state index >= 15 is 0 Å². The maximum atomic E-state index is 12.7. The van der Waals surface area contributed by atoms with Crippen molar-refractivity contribution in [3.05, 3.63) is 61.9 Å². The number of ether oxygens (including phenoxy) is 1. The third kappa shape index (κ3) is 6.04. The lowest BCUT2D eigenvalue weighted by molar-refractivity contribution is -0.192. The smallest absolute Gasteiger partial charge is 0.475 e. The van der Waals surface area contributed by atoms with Crippen LogP contribution < -0.4 is 11.1 Å². The average molecular weight is 511 g/mol. The lowest BCUT2D eigenvalue weighted by Crippen LogP contribution is -2.53. The number of aromatic nitrogens is 3. The Morgan fingerprint density at radius 2 is 1.78 bits per heavy atom. The molecule has 1 atom stereocenters. The Morgan fingerprint density at radius 1 is 1.14 bits per heavy atom. The third-order valence-corrected chi connectivity index (χ3v) is 6.77. The Balaban J connectivity index is 0.000000384. The first-order valence-electron chi connectivity index (χ1n) is 11.9. The van der Waals surface area contributed by atoms with E-state index in [1.54, 1.807) is 4.57 Å². The van der Waals surface area contributed by atoms with Crippen molar-refractivity contribution in [3.8, 4) is 0 Å². The fraction of sp³-hybridized carbons (Fsp3) is 0.583. The standard InChI is InChI=1S/C22H28N4O3.C2HF3O2/c1-2-16-3-5-17(6-4-16)11-24-10-9-22(14-24)15-25-19(13-29-22)23-26(12-18-7-8-18)21(28)20(25)27;3-2(4,5)1(6)7/h3-6,18H,2,7-15H2,1H3;(H,6,7). The monoisotopic (exact) mass is 510 g/mol.